The van der Waals surface area contributed by atoms with Crippen LogP contribution in [0, 0.1) is 0 Å². The molecule has 8 heteroatoms. The Morgan fingerprint density at radius 1 is 0.909 bits per heavy atom. The van der Waals surface area contributed by atoms with Crippen molar-refractivity contribution < 1.29 is 28.3 Å². The molecule has 174 valence electrons. The van der Waals surface area contributed by atoms with Crippen LogP contribution >= 0.6 is 7.60 Å². The number of hydrogen-bond donors (Lipinski definition) is 2. The molecule has 1 atom stereocenters. The second-order valence-corrected chi connectivity index (χ2v) is 9.61. The van der Waals surface area contributed by atoms with E-state index in [1.807, 2.05) is 42.5 Å². The summed E-state index contributed by atoms with van der Waals surface area (Å²) >= 11 is 0. The maximum absolute atomic E-state index is 12.7. The summed E-state index contributed by atoms with van der Waals surface area (Å²) in [5.74, 6) is -1.60. The van der Waals surface area contributed by atoms with Crippen LogP contribution in [-0.2, 0) is 31.0 Å². The van der Waals surface area contributed by atoms with Crippen molar-refractivity contribution in [1.29, 1.82) is 0 Å². The van der Waals surface area contributed by atoms with Gasteiger partial charge in [-0.3, -0.25) is 9.36 Å². The molecule has 0 heterocycles. The highest BCUT2D eigenvalue weighted by Crippen LogP contribution is 2.51. The molecule has 0 aliphatic rings. The molecule has 3 aromatic rings. The predicted octanol–water partition coefficient (Wildman–Crippen LogP) is 5.03. The van der Waals surface area contributed by atoms with Gasteiger partial charge in [-0.2, -0.15) is 0 Å². The van der Waals surface area contributed by atoms with Gasteiger partial charge in [0.2, 0.25) is 0 Å². The molecule has 0 fully saturated rings. The van der Waals surface area contributed by atoms with Crippen molar-refractivity contribution in [3.8, 4) is 0 Å². The van der Waals surface area contributed by atoms with Gasteiger partial charge >= 0.3 is 13.6 Å². The monoisotopic (exact) mass is 469 g/mol. The van der Waals surface area contributed by atoms with Gasteiger partial charge in [-0.15, -0.1) is 0 Å². The largest absolute Gasteiger partial charge is 0.480 e. The predicted molar refractivity (Wildman–Crippen MR) is 128 cm³/mol. The summed E-state index contributed by atoms with van der Waals surface area (Å²) in [6.45, 7) is 4.03. The number of carbonyl (C=O) groups is 2. The summed E-state index contributed by atoms with van der Waals surface area (Å²) in [7, 11) is -3.25. The zero-order valence-corrected chi connectivity index (χ0v) is 19.6. The SMILES string of the molecule is CCOP(=O)(Cc1ccc(C(=O)N[C@H](Cc2ccc3ccccc3c2)C(=O)O)cc1)OCC. The van der Waals surface area contributed by atoms with Gasteiger partial charge in [0.05, 0.1) is 19.4 Å². The fourth-order valence-electron chi connectivity index (χ4n) is 3.55. The molecule has 0 aliphatic heterocycles. The van der Waals surface area contributed by atoms with Crippen molar-refractivity contribution in [2.45, 2.75) is 32.5 Å². The summed E-state index contributed by atoms with van der Waals surface area (Å²) in [6, 6.07) is 19.0. The van der Waals surface area contributed by atoms with Crippen LogP contribution in [0.5, 0.6) is 0 Å². The first-order valence-electron chi connectivity index (χ1n) is 10.8. The number of carbonyl (C=O) groups excluding carboxylic acids is 1. The highest BCUT2D eigenvalue weighted by Gasteiger charge is 2.25. The Morgan fingerprint density at radius 2 is 1.52 bits per heavy atom. The smallest absolute Gasteiger partial charge is 0.335 e. The van der Waals surface area contributed by atoms with Crippen LogP contribution in [0.15, 0.2) is 66.7 Å². The van der Waals surface area contributed by atoms with Crippen molar-refractivity contribution in [2.75, 3.05) is 13.2 Å². The zero-order valence-electron chi connectivity index (χ0n) is 18.7. The maximum Gasteiger partial charge on any atom is 0.335 e. The molecular weight excluding hydrogens is 441 g/mol. The van der Waals surface area contributed by atoms with Crippen LogP contribution in [0.1, 0.15) is 35.3 Å². The number of aliphatic carboxylic acids is 1. The molecule has 2 N–H and O–H groups in total. The van der Waals surface area contributed by atoms with Crippen molar-refractivity contribution in [3.63, 3.8) is 0 Å². The van der Waals surface area contributed by atoms with Crippen LogP contribution in [0.3, 0.4) is 0 Å². The molecule has 0 aromatic heterocycles. The maximum atomic E-state index is 12.7. The van der Waals surface area contributed by atoms with Gasteiger partial charge in [0.1, 0.15) is 6.04 Å². The summed E-state index contributed by atoms with van der Waals surface area (Å²) < 4.78 is 23.3. The number of benzene rings is 3. The molecule has 0 saturated carbocycles. The van der Waals surface area contributed by atoms with E-state index in [4.69, 9.17) is 9.05 Å². The van der Waals surface area contributed by atoms with Crippen LogP contribution < -0.4 is 5.32 Å². The van der Waals surface area contributed by atoms with E-state index in [2.05, 4.69) is 5.32 Å². The Hall–Kier alpha value is -2.99. The first-order chi connectivity index (χ1) is 15.8. The number of fused-ring (bicyclic) bond motifs is 1. The topological polar surface area (TPSA) is 102 Å². The summed E-state index contributed by atoms with van der Waals surface area (Å²) in [4.78, 5) is 24.5. The third-order valence-electron chi connectivity index (χ3n) is 5.10. The van der Waals surface area contributed by atoms with Gasteiger partial charge in [0.15, 0.2) is 0 Å². The standard InChI is InChI=1S/C25H28NO6P/c1-3-31-33(30,32-4-2)17-18-9-13-21(14-10-18)24(27)26-23(25(28)29)16-19-11-12-20-7-5-6-8-22(20)15-19/h5-15,23H,3-4,16-17H2,1-2H3,(H,26,27)(H,28,29)/t23-/m1/s1. The average Bonchev–Trinajstić information content (AvgIpc) is 2.79. The molecule has 1 amide bonds. The van der Waals surface area contributed by atoms with Crippen molar-refractivity contribution >= 4 is 30.2 Å². The molecule has 0 saturated heterocycles. The van der Waals surface area contributed by atoms with Crippen molar-refractivity contribution in [1.82, 2.24) is 5.32 Å². The fourth-order valence-corrected chi connectivity index (χ4v) is 5.25. The molecule has 0 radical (unpaired) electrons. The van der Waals surface area contributed by atoms with E-state index < -0.39 is 25.5 Å². The van der Waals surface area contributed by atoms with Crippen molar-refractivity contribution in [2.24, 2.45) is 0 Å². The molecule has 7 nitrogen and oxygen atoms in total. The lowest BCUT2D eigenvalue weighted by Crippen LogP contribution is -2.42. The molecule has 0 unspecified atom stereocenters. The summed E-state index contributed by atoms with van der Waals surface area (Å²) in [6.07, 6.45) is 0.256. The number of carboxylic acids is 1. The van der Waals surface area contributed by atoms with E-state index in [1.165, 1.54) is 0 Å². The van der Waals surface area contributed by atoms with Crippen LogP contribution in [0.25, 0.3) is 10.8 Å². The lowest BCUT2D eigenvalue weighted by atomic mass is 10.0. The fraction of sp³-hybridized carbons (Fsp3) is 0.280. The molecule has 3 aromatic carbocycles. The molecule has 3 rings (SSSR count). The minimum absolute atomic E-state index is 0.0935. The third kappa shape index (κ3) is 6.75. The van der Waals surface area contributed by atoms with E-state index in [-0.39, 0.29) is 25.8 Å². The van der Waals surface area contributed by atoms with Crippen LogP contribution in [0.4, 0.5) is 0 Å². The minimum atomic E-state index is -3.25. The number of hydrogen-bond acceptors (Lipinski definition) is 5. The number of amides is 1. The average molecular weight is 469 g/mol. The van der Waals surface area contributed by atoms with Crippen LogP contribution in [0.2, 0.25) is 0 Å². The Bertz CT molecular complexity index is 1150. The first kappa shape index (κ1) is 24.6. The Labute approximate surface area is 193 Å². The van der Waals surface area contributed by atoms with E-state index in [1.54, 1.807) is 38.1 Å². The molecular formula is C25H28NO6P. The van der Waals surface area contributed by atoms with Gasteiger partial charge in [0.25, 0.3) is 5.91 Å². The van der Waals surface area contributed by atoms with E-state index >= 15 is 0 Å². The molecule has 0 aliphatic carbocycles. The van der Waals surface area contributed by atoms with E-state index in [0.29, 0.717) is 11.1 Å². The summed E-state index contributed by atoms with van der Waals surface area (Å²) in [5.41, 5.74) is 1.83. The second kappa shape index (κ2) is 11.2. The quantitative estimate of drug-likeness (QED) is 0.382. The Balaban J connectivity index is 1.68. The normalized spacial score (nSPS) is 12.4. The van der Waals surface area contributed by atoms with Gasteiger partial charge in [0, 0.05) is 12.0 Å². The molecule has 0 spiro atoms. The molecule has 0 bridgehead atoms. The van der Waals surface area contributed by atoms with Gasteiger partial charge in [-0.05, 0) is 47.9 Å². The van der Waals surface area contributed by atoms with E-state index in [0.717, 1.165) is 16.3 Å². The first-order valence-corrected chi connectivity index (χ1v) is 12.5. The van der Waals surface area contributed by atoms with Crippen molar-refractivity contribution in [3.05, 3.63) is 83.4 Å². The highest BCUT2D eigenvalue weighted by atomic mass is 31.2. The number of carboxylic acid groups (broad SMARTS) is 1. The lowest BCUT2D eigenvalue weighted by molar-refractivity contribution is -0.139. The lowest BCUT2D eigenvalue weighted by Gasteiger charge is -2.17. The molecule has 33 heavy (non-hydrogen) atoms. The second-order valence-electron chi connectivity index (χ2n) is 7.55. The van der Waals surface area contributed by atoms with Gasteiger partial charge in [-0.25, -0.2) is 4.79 Å². The number of nitrogens with one attached hydrogen (secondary N) is 1. The third-order valence-corrected chi connectivity index (χ3v) is 7.16. The van der Waals surface area contributed by atoms with Gasteiger partial charge in [-0.1, -0.05) is 54.6 Å². The summed E-state index contributed by atoms with van der Waals surface area (Å²) in [5, 5.41) is 14.3. The van der Waals surface area contributed by atoms with E-state index in [9.17, 15) is 19.3 Å². The zero-order chi connectivity index (χ0) is 23.8. The Morgan fingerprint density at radius 3 is 2.12 bits per heavy atom. The Kier molecular flexibility index (Phi) is 8.39. The van der Waals surface area contributed by atoms with Crippen LogP contribution in [-0.4, -0.2) is 36.2 Å². The number of rotatable bonds is 11. The highest BCUT2D eigenvalue weighted by molar-refractivity contribution is 7.53. The minimum Gasteiger partial charge on any atom is -0.480 e. The van der Waals surface area contributed by atoms with Gasteiger partial charge < -0.3 is 19.5 Å².